The van der Waals surface area contributed by atoms with Crippen molar-refractivity contribution in [1.82, 2.24) is 9.80 Å². The summed E-state index contributed by atoms with van der Waals surface area (Å²) in [6, 6.07) is 1.38. The molecule has 3 fully saturated rings. The molecule has 0 radical (unpaired) electrons. The van der Waals surface area contributed by atoms with Crippen molar-refractivity contribution in [2.45, 2.75) is 69.6 Å². The molecule has 1 N–H and O–H groups in total. The normalized spacial score (nSPS) is 39.5. The lowest BCUT2D eigenvalue weighted by atomic mass is 9.67. The maximum absolute atomic E-state index is 10.1. The smallest absolute Gasteiger partial charge is 0.0555 e. The topological polar surface area (TPSA) is 26.7 Å². The minimum absolute atomic E-state index is 0.0466. The zero-order valence-electron chi connectivity index (χ0n) is 12.6. The molecule has 1 aliphatic heterocycles. The number of likely N-dealkylation sites (tertiary alicyclic amines) is 1. The zero-order valence-corrected chi connectivity index (χ0v) is 12.6. The van der Waals surface area contributed by atoms with Gasteiger partial charge in [-0.1, -0.05) is 12.8 Å². The Labute approximate surface area is 118 Å². The average Bonchev–Trinajstić information content (AvgIpc) is 3.03. The molecule has 3 unspecified atom stereocenters. The van der Waals surface area contributed by atoms with Gasteiger partial charge >= 0.3 is 0 Å². The molecular weight excluding hydrogens is 236 g/mol. The first kappa shape index (κ1) is 13.8. The van der Waals surface area contributed by atoms with Crippen LogP contribution in [0.5, 0.6) is 0 Å². The van der Waals surface area contributed by atoms with Crippen molar-refractivity contribution in [3.63, 3.8) is 0 Å². The highest BCUT2D eigenvalue weighted by atomic mass is 16.3. The first-order valence-electron chi connectivity index (χ1n) is 8.19. The lowest BCUT2D eigenvalue weighted by molar-refractivity contribution is -0.0195. The van der Waals surface area contributed by atoms with Crippen molar-refractivity contribution in [1.29, 1.82) is 0 Å². The summed E-state index contributed by atoms with van der Waals surface area (Å²) in [5.41, 5.74) is 0.556. The fraction of sp³-hybridized carbons (Fsp3) is 1.00. The average molecular weight is 266 g/mol. The van der Waals surface area contributed by atoms with Crippen LogP contribution in [0.1, 0.15) is 51.4 Å². The molecule has 110 valence electrons. The minimum atomic E-state index is -0.0466. The van der Waals surface area contributed by atoms with Crippen LogP contribution in [-0.4, -0.2) is 60.3 Å². The van der Waals surface area contributed by atoms with Crippen molar-refractivity contribution >= 4 is 0 Å². The molecule has 3 aliphatic rings. The van der Waals surface area contributed by atoms with Gasteiger partial charge in [0.15, 0.2) is 0 Å². The Hall–Kier alpha value is -0.120. The third-order valence-corrected chi connectivity index (χ3v) is 6.14. The Morgan fingerprint density at radius 3 is 2.47 bits per heavy atom. The molecular formula is C16H30N2O. The standard InChI is InChI=1S/C16H30N2O/c1-17(2)13-6-10-18(12-13)15-11-14(19)5-9-16(15)7-3-4-8-16/h13-15,19H,3-12H2,1-2H3. The molecule has 3 atom stereocenters. The van der Waals surface area contributed by atoms with Gasteiger partial charge in [0.1, 0.15) is 0 Å². The Bertz CT molecular complexity index is 312. The number of likely N-dealkylation sites (N-methyl/N-ethyl adjacent to an activating group) is 1. The number of hydrogen-bond donors (Lipinski definition) is 1. The molecule has 0 aromatic rings. The highest BCUT2D eigenvalue weighted by Gasteiger charge is 2.48. The summed E-state index contributed by atoms with van der Waals surface area (Å²) in [4.78, 5) is 5.10. The van der Waals surface area contributed by atoms with Gasteiger partial charge < -0.3 is 10.0 Å². The van der Waals surface area contributed by atoms with Gasteiger partial charge in [-0.3, -0.25) is 4.90 Å². The van der Waals surface area contributed by atoms with Crippen LogP contribution in [0, 0.1) is 5.41 Å². The molecule has 1 heterocycles. The molecule has 3 rings (SSSR count). The van der Waals surface area contributed by atoms with Gasteiger partial charge in [-0.05, 0) is 58.0 Å². The summed E-state index contributed by atoms with van der Waals surface area (Å²) < 4.78 is 0. The molecule has 2 aliphatic carbocycles. The molecule has 1 spiro atoms. The second-order valence-corrected chi connectivity index (χ2v) is 7.41. The van der Waals surface area contributed by atoms with E-state index in [-0.39, 0.29) is 6.10 Å². The van der Waals surface area contributed by atoms with Gasteiger partial charge in [-0.2, -0.15) is 0 Å². The van der Waals surface area contributed by atoms with Crippen molar-refractivity contribution in [3.05, 3.63) is 0 Å². The van der Waals surface area contributed by atoms with Crippen LogP contribution >= 0.6 is 0 Å². The minimum Gasteiger partial charge on any atom is -0.393 e. The van der Waals surface area contributed by atoms with E-state index in [9.17, 15) is 5.11 Å². The monoisotopic (exact) mass is 266 g/mol. The van der Waals surface area contributed by atoms with E-state index in [2.05, 4.69) is 23.9 Å². The predicted molar refractivity (Wildman–Crippen MR) is 78.2 cm³/mol. The van der Waals surface area contributed by atoms with Crippen molar-refractivity contribution in [3.8, 4) is 0 Å². The first-order chi connectivity index (χ1) is 9.11. The van der Waals surface area contributed by atoms with Gasteiger partial charge in [-0.15, -0.1) is 0 Å². The molecule has 0 amide bonds. The summed E-state index contributed by atoms with van der Waals surface area (Å²) in [6.07, 6.45) is 10.2. The second kappa shape index (κ2) is 5.34. The molecule has 3 heteroatoms. The largest absolute Gasteiger partial charge is 0.393 e. The molecule has 19 heavy (non-hydrogen) atoms. The third kappa shape index (κ3) is 2.57. The highest BCUT2D eigenvalue weighted by Crippen LogP contribution is 2.51. The number of aliphatic hydroxyl groups excluding tert-OH is 1. The Morgan fingerprint density at radius 2 is 1.84 bits per heavy atom. The van der Waals surface area contributed by atoms with E-state index < -0.39 is 0 Å². The molecule has 2 saturated carbocycles. The SMILES string of the molecule is CN(C)C1CCN(C2CC(O)CCC23CCCC3)C1. The fourth-order valence-corrected chi connectivity index (χ4v) is 4.92. The van der Waals surface area contributed by atoms with E-state index in [1.165, 1.54) is 51.6 Å². The van der Waals surface area contributed by atoms with Crippen LogP contribution in [0.25, 0.3) is 0 Å². The van der Waals surface area contributed by atoms with Gasteiger partial charge in [-0.25, -0.2) is 0 Å². The number of rotatable bonds is 2. The van der Waals surface area contributed by atoms with Gasteiger partial charge in [0.2, 0.25) is 0 Å². The zero-order chi connectivity index (χ0) is 13.5. The van der Waals surface area contributed by atoms with E-state index in [0.29, 0.717) is 11.5 Å². The predicted octanol–water partition coefficient (Wildman–Crippen LogP) is 2.10. The Kier molecular flexibility index (Phi) is 3.89. The summed E-state index contributed by atoms with van der Waals surface area (Å²) in [5, 5.41) is 10.1. The van der Waals surface area contributed by atoms with E-state index in [1.54, 1.807) is 0 Å². The maximum Gasteiger partial charge on any atom is 0.0555 e. The summed E-state index contributed by atoms with van der Waals surface area (Å²) >= 11 is 0. The van der Waals surface area contributed by atoms with Crippen LogP contribution in [0.2, 0.25) is 0 Å². The van der Waals surface area contributed by atoms with E-state index in [4.69, 9.17) is 0 Å². The van der Waals surface area contributed by atoms with Crippen molar-refractivity contribution < 1.29 is 5.11 Å². The van der Waals surface area contributed by atoms with Crippen molar-refractivity contribution in [2.24, 2.45) is 5.41 Å². The van der Waals surface area contributed by atoms with E-state index in [0.717, 1.165) is 18.9 Å². The lowest BCUT2D eigenvalue weighted by Gasteiger charge is -2.48. The molecule has 3 nitrogen and oxygen atoms in total. The molecule has 0 aromatic heterocycles. The maximum atomic E-state index is 10.1. The van der Waals surface area contributed by atoms with E-state index >= 15 is 0 Å². The summed E-state index contributed by atoms with van der Waals surface area (Å²) in [6.45, 7) is 2.45. The van der Waals surface area contributed by atoms with Gasteiger partial charge in [0.05, 0.1) is 6.10 Å². The van der Waals surface area contributed by atoms with Gasteiger partial charge in [0.25, 0.3) is 0 Å². The van der Waals surface area contributed by atoms with Crippen LogP contribution < -0.4 is 0 Å². The molecule has 1 saturated heterocycles. The first-order valence-corrected chi connectivity index (χ1v) is 8.19. The summed E-state index contributed by atoms with van der Waals surface area (Å²) in [7, 11) is 4.41. The third-order valence-electron chi connectivity index (χ3n) is 6.14. The van der Waals surface area contributed by atoms with Crippen LogP contribution in [0.3, 0.4) is 0 Å². The number of aliphatic hydroxyl groups is 1. The van der Waals surface area contributed by atoms with Crippen LogP contribution in [0.15, 0.2) is 0 Å². The number of nitrogens with zero attached hydrogens (tertiary/aromatic N) is 2. The summed E-state index contributed by atoms with van der Waals surface area (Å²) in [5.74, 6) is 0. The quantitative estimate of drug-likeness (QED) is 0.829. The van der Waals surface area contributed by atoms with E-state index in [1.807, 2.05) is 0 Å². The Morgan fingerprint density at radius 1 is 1.11 bits per heavy atom. The van der Waals surface area contributed by atoms with Gasteiger partial charge in [0, 0.05) is 25.2 Å². The fourth-order valence-electron chi connectivity index (χ4n) is 4.92. The molecule has 0 bridgehead atoms. The molecule has 0 aromatic carbocycles. The Balaban J connectivity index is 1.73. The second-order valence-electron chi connectivity index (χ2n) is 7.41. The lowest BCUT2D eigenvalue weighted by Crippen LogP contribution is -2.51. The van der Waals surface area contributed by atoms with Crippen LogP contribution in [0.4, 0.5) is 0 Å². The highest BCUT2D eigenvalue weighted by molar-refractivity contribution is 5.02. The van der Waals surface area contributed by atoms with Crippen LogP contribution in [-0.2, 0) is 0 Å². The number of hydrogen-bond acceptors (Lipinski definition) is 3. The van der Waals surface area contributed by atoms with Crippen molar-refractivity contribution in [2.75, 3.05) is 27.2 Å².